The Bertz CT molecular complexity index is 911. The van der Waals surface area contributed by atoms with Crippen molar-refractivity contribution in [2.24, 2.45) is 0 Å². The maximum Gasteiger partial charge on any atom is 0.338 e. The van der Waals surface area contributed by atoms with Gasteiger partial charge in [0.2, 0.25) is 0 Å². The van der Waals surface area contributed by atoms with E-state index in [1.165, 1.54) is 64.2 Å². The van der Waals surface area contributed by atoms with E-state index in [2.05, 4.69) is 13.5 Å². The Labute approximate surface area is 221 Å². The number of aliphatic hydroxyl groups excluding tert-OH is 1. The van der Waals surface area contributed by atoms with Crippen LogP contribution in [0.2, 0.25) is 0 Å². The zero-order valence-corrected chi connectivity index (χ0v) is 22.3. The van der Waals surface area contributed by atoms with E-state index < -0.39 is 12.1 Å². The summed E-state index contributed by atoms with van der Waals surface area (Å²) < 4.78 is 27.5. The Kier molecular flexibility index (Phi) is 14.7. The van der Waals surface area contributed by atoms with E-state index in [4.69, 9.17) is 23.7 Å². The molecule has 0 saturated heterocycles. The summed E-state index contributed by atoms with van der Waals surface area (Å²) in [7, 11) is 1.48. The fourth-order valence-electron chi connectivity index (χ4n) is 3.62. The number of ether oxygens (including phenoxy) is 5. The second-order valence-electron chi connectivity index (χ2n) is 8.82. The zero-order chi connectivity index (χ0) is 26.7. The summed E-state index contributed by atoms with van der Waals surface area (Å²) in [5.41, 5.74) is 0.333. The summed E-state index contributed by atoms with van der Waals surface area (Å²) in [4.78, 5) is 12.0. The molecule has 0 amide bonds. The van der Waals surface area contributed by atoms with Gasteiger partial charge in [0.1, 0.15) is 37.4 Å². The highest BCUT2D eigenvalue weighted by molar-refractivity contribution is 5.90. The van der Waals surface area contributed by atoms with Crippen LogP contribution < -0.4 is 18.9 Å². The fourth-order valence-corrected chi connectivity index (χ4v) is 3.62. The van der Waals surface area contributed by atoms with Crippen LogP contribution in [0.3, 0.4) is 0 Å². The lowest BCUT2D eigenvalue weighted by Gasteiger charge is -2.16. The van der Waals surface area contributed by atoms with E-state index in [1.54, 1.807) is 12.1 Å². The number of aliphatic hydroxyl groups is 1. The van der Waals surface area contributed by atoms with Gasteiger partial charge in [-0.25, -0.2) is 4.79 Å². The third-order valence-electron chi connectivity index (χ3n) is 5.70. The van der Waals surface area contributed by atoms with Gasteiger partial charge in [-0.2, -0.15) is 0 Å². The maximum atomic E-state index is 12.0. The minimum absolute atomic E-state index is 0.00356. The molecule has 1 N–H and O–H groups in total. The standard InChI is InChI=1S/C30H42O7/c1-4-6-7-8-9-10-11-12-20-34-26-14-16-27(17-15-26)36-22-25(31)23-37-28-18-13-24(21-29(28)33-3)30(32)35-19-5-2/h5,13-18,21,25,31H,2,4,6-12,19-20,22-23H2,1,3H3. The topological polar surface area (TPSA) is 83.5 Å². The molecule has 1 atom stereocenters. The van der Waals surface area contributed by atoms with Crippen LogP contribution in [0.25, 0.3) is 0 Å². The number of methoxy groups -OCH3 is 1. The van der Waals surface area contributed by atoms with E-state index in [1.807, 2.05) is 24.3 Å². The maximum absolute atomic E-state index is 12.0. The predicted molar refractivity (Wildman–Crippen MR) is 145 cm³/mol. The van der Waals surface area contributed by atoms with Crippen molar-refractivity contribution in [2.75, 3.05) is 33.5 Å². The van der Waals surface area contributed by atoms with Crippen molar-refractivity contribution in [3.63, 3.8) is 0 Å². The molecule has 37 heavy (non-hydrogen) atoms. The van der Waals surface area contributed by atoms with Crippen LogP contribution in [0.1, 0.15) is 68.6 Å². The molecule has 2 aromatic carbocycles. The van der Waals surface area contributed by atoms with Crippen LogP contribution in [0.5, 0.6) is 23.0 Å². The molecule has 7 heteroatoms. The van der Waals surface area contributed by atoms with Gasteiger partial charge >= 0.3 is 5.97 Å². The summed E-state index contributed by atoms with van der Waals surface area (Å²) in [5, 5.41) is 10.3. The van der Waals surface area contributed by atoms with Gasteiger partial charge in [0, 0.05) is 0 Å². The number of esters is 1. The van der Waals surface area contributed by atoms with Crippen molar-refractivity contribution < 1.29 is 33.6 Å². The first-order valence-corrected chi connectivity index (χ1v) is 13.2. The summed E-state index contributed by atoms with van der Waals surface area (Å²) in [6, 6.07) is 12.1. The van der Waals surface area contributed by atoms with Crippen molar-refractivity contribution in [3.05, 3.63) is 60.7 Å². The average Bonchev–Trinajstić information content (AvgIpc) is 2.93. The number of carbonyl (C=O) groups is 1. The van der Waals surface area contributed by atoms with Crippen LogP contribution >= 0.6 is 0 Å². The molecule has 0 fully saturated rings. The Morgan fingerprint density at radius 3 is 2.14 bits per heavy atom. The molecule has 204 valence electrons. The lowest BCUT2D eigenvalue weighted by Crippen LogP contribution is -2.25. The Morgan fingerprint density at radius 2 is 1.49 bits per heavy atom. The normalized spacial score (nSPS) is 11.4. The highest BCUT2D eigenvalue weighted by atomic mass is 16.5. The van der Waals surface area contributed by atoms with E-state index in [9.17, 15) is 9.90 Å². The SMILES string of the molecule is C=CCOC(=O)c1ccc(OCC(O)COc2ccc(OCCCCCCCCCC)cc2)c(OC)c1. The van der Waals surface area contributed by atoms with Gasteiger partial charge in [-0.3, -0.25) is 0 Å². The van der Waals surface area contributed by atoms with Crippen LogP contribution in [-0.2, 0) is 4.74 Å². The molecular weight excluding hydrogens is 472 g/mol. The Balaban J connectivity index is 1.66. The summed E-state index contributed by atoms with van der Waals surface area (Å²) >= 11 is 0. The van der Waals surface area contributed by atoms with Crippen LogP contribution in [0.4, 0.5) is 0 Å². The second-order valence-corrected chi connectivity index (χ2v) is 8.82. The lowest BCUT2D eigenvalue weighted by molar-refractivity contribution is 0.0547. The molecule has 0 spiro atoms. The fraction of sp³-hybridized carbons (Fsp3) is 0.500. The van der Waals surface area contributed by atoms with Crippen molar-refractivity contribution in [1.29, 1.82) is 0 Å². The summed E-state index contributed by atoms with van der Waals surface area (Å²) in [5.74, 6) is 1.73. The summed E-state index contributed by atoms with van der Waals surface area (Å²) in [6.45, 7) is 6.66. The van der Waals surface area contributed by atoms with E-state index >= 15 is 0 Å². The second kappa shape index (κ2) is 18.1. The quantitative estimate of drug-likeness (QED) is 0.125. The molecule has 2 aromatic rings. The van der Waals surface area contributed by atoms with Gasteiger partial charge < -0.3 is 28.8 Å². The molecule has 0 aliphatic rings. The van der Waals surface area contributed by atoms with Crippen molar-refractivity contribution >= 4 is 5.97 Å². The number of carbonyl (C=O) groups excluding carboxylic acids is 1. The molecule has 7 nitrogen and oxygen atoms in total. The number of unbranched alkanes of at least 4 members (excludes halogenated alkanes) is 7. The molecule has 0 bridgehead atoms. The largest absolute Gasteiger partial charge is 0.494 e. The van der Waals surface area contributed by atoms with Crippen molar-refractivity contribution in [1.82, 2.24) is 0 Å². The average molecular weight is 515 g/mol. The van der Waals surface area contributed by atoms with Crippen LogP contribution in [0, 0.1) is 0 Å². The Hall–Kier alpha value is -3.19. The highest BCUT2D eigenvalue weighted by Crippen LogP contribution is 2.28. The smallest absolute Gasteiger partial charge is 0.338 e. The monoisotopic (exact) mass is 514 g/mol. The lowest BCUT2D eigenvalue weighted by atomic mass is 10.1. The molecule has 2 rings (SSSR count). The van der Waals surface area contributed by atoms with Gasteiger partial charge in [0.15, 0.2) is 11.5 Å². The van der Waals surface area contributed by atoms with Gasteiger partial charge in [-0.15, -0.1) is 0 Å². The summed E-state index contributed by atoms with van der Waals surface area (Å²) in [6.07, 6.45) is 10.8. The highest BCUT2D eigenvalue weighted by Gasteiger charge is 2.14. The number of rotatable bonds is 20. The first-order valence-electron chi connectivity index (χ1n) is 13.2. The molecule has 1 unspecified atom stereocenters. The minimum Gasteiger partial charge on any atom is -0.494 e. The third-order valence-corrected chi connectivity index (χ3v) is 5.70. The Morgan fingerprint density at radius 1 is 0.865 bits per heavy atom. The molecule has 0 saturated carbocycles. The molecule has 0 aromatic heterocycles. The molecular formula is C30H42O7. The minimum atomic E-state index is -0.861. The van der Waals surface area contributed by atoms with Crippen LogP contribution in [0.15, 0.2) is 55.1 Å². The molecule has 0 heterocycles. The van der Waals surface area contributed by atoms with Gasteiger partial charge in [0.25, 0.3) is 0 Å². The van der Waals surface area contributed by atoms with Gasteiger partial charge in [-0.1, -0.05) is 64.5 Å². The van der Waals surface area contributed by atoms with Crippen molar-refractivity contribution in [2.45, 2.75) is 64.4 Å². The van der Waals surface area contributed by atoms with E-state index in [0.717, 1.165) is 12.2 Å². The van der Waals surface area contributed by atoms with Gasteiger partial charge in [0.05, 0.1) is 19.3 Å². The van der Waals surface area contributed by atoms with Crippen LogP contribution in [-0.4, -0.2) is 50.7 Å². The van der Waals surface area contributed by atoms with E-state index in [0.29, 0.717) is 29.4 Å². The predicted octanol–water partition coefficient (Wildman–Crippen LogP) is 6.38. The molecule has 0 aliphatic heterocycles. The molecule has 0 radical (unpaired) electrons. The third kappa shape index (κ3) is 12.1. The zero-order valence-electron chi connectivity index (χ0n) is 22.3. The van der Waals surface area contributed by atoms with Crippen molar-refractivity contribution in [3.8, 4) is 23.0 Å². The van der Waals surface area contributed by atoms with Gasteiger partial charge in [-0.05, 0) is 48.9 Å². The first kappa shape index (κ1) is 30.0. The number of hydrogen-bond donors (Lipinski definition) is 1. The first-order chi connectivity index (χ1) is 18.1. The number of hydrogen-bond acceptors (Lipinski definition) is 7. The van der Waals surface area contributed by atoms with E-state index in [-0.39, 0.29) is 19.8 Å². The number of benzene rings is 2. The molecule has 0 aliphatic carbocycles.